The molecule has 3 heterocycles. The second kappa shape index (κ2) is 5.55. The Labute approximate surface area is 128 Å². The first-order valence-corrected chi connectivity index (χ1v) is 7.05. The molecule has 3 rings (SSSR count). The topological polar surface area (TPSA) is 72.2 Å². The lowest BCUT2D eigenvalue weighted by Gasteiger charge is -2.05. The smallest absolute Gasteiger partial charge is 0.223 e. The molecule has 0 unspecified atom stereocenters. The Morgan fingerprint density at radius 3 is 2.77 bits per heavy atom. The van der Waals surface area contributed by atoms with Crippen molar-refractivity contribution in [1.82, 2.24) is 19.4 Å². The molecule has 0 aliphatic heterocycles. The second-order valence-electron chi connectivity index (χ2n) is 5.31. The number of imidazole rings is 1. The summed E-state index contributed by atoms with van der Waals surface area (Å²) in [7, 11) is 0. The molecule has 0 bridgehead atoms. The van der Waals surface area contributed by atoms with Gasteiger partial charge in [0.25, 0.3) is 0 Å². The second-order valence-corrected chi connectivity index (χ2v) is 5.31. The van der Waals surface area contributed by atoms with Crippen molar-refractivity contribution in [2.24, 2.45) is 0 Å². The van der Waals surface area contributed by atoms with E-state index in [-0.39, 0.29) is 5.78 Å². The molecule has 6 nitrogen and oxygen atoms in total. The molecule has 0 atom stereocenters. The van der Waals surface area contributed by atoms with Crippen LogP contribution in [-0.2, 0) is 6.54 Å². The highest BCUT2D eigenvalue weighted by Crippen LogP contribution is 2.11. The lowest BCUT2D eigenvalue weighted by molar-refractivity contribution is 0.101. The van der Waals surface area contributed by atoms with Gasteiger partial charge in [-0.1, -0.05) is 6.07 Å². The van der Waals surface area contributed by atoms with Crippen molar-refractivity contribution in [3.8, 4) is 0 Å². The van der Waals surface area contributed by atoms with Crippen molar-refractivity contribution in [1.29, 1.82) is 0 Å². The van der Waals surface area contributed by atoms with Gasteiger partial charge in [0.2, 0.25) is 5.95 Å². The van der Waals surface area contributed by atoms with Gasteiger partial charge < -0.3 is 9.72 Å². The average molecular weight is 295 g/mol. The number of carbonyl (C=O) groups excluding carboxylic acids is 1. The van der Waals surface area contributed by atoms with Gasteiger partial charge in [-0.3, -0.25) is 4.79 Å². The minimum Gasteiger partial charge on any atom is -0.349 e. The number of ketones is 1. The lowest BCUT2D eigenvalue weighted by Crippen LogP contribution is -2.07. The van der Waals surface area contributed by atoms with E-state index in [1.165, 1.54) is 12.5 Å². The zero-order chi connectivity index (χ0) is 15.7. The Bertz CT molecular complexity index is 853. The molecule has 3 aromatic heterocycles. The van der Waals surface area contributed by atoms with E-state index in [0.29, 0.717) is 23.8 Å². The van der Waals surface area contributed by atoms with E-state index in [4.69, 9.17) is 0 Å². The number of nitrogens with zero attached hydrogens (tertiary/aromatic N) is 4. The molecule has 0 saturated heterocycles. The zero-order valence-corrected chi connectivity index (χ0v) is 12.8. The molecule has 0 fully saturated rings. The van der Waals surface area contributed by atoms with Gasteiger partial charge in [0.05, 0.1) is 23.5 Å². The maximum atomic E-state index is 11.4. The number of aromatic nitrogens is 4. The van der Waals surface area contributed by atoms with Crippen LogP contribution in [0, 0.1) is 13.8 Å². The van der Waals surface area contributed by atoms with Gasteiger partial charge in [-0.15, -0.1) is 0 Å². The minimum absolute atomic E-state index is 0.0280. The highest BCUT2D eigenvalue weighted by atomic mass is 16.1. The van der Waals surface area contributed by atoms with E-state index >= 15 is 0 Å². The number of hydrogen-bond acceptors (Lipinski definition) is 5. The molecule has 0 aromatic carbocycles. The van der Waals surface area contributed by atoms with Gasteiger partial charge in [-0.2, -0.15) is 0 Å². The lowest BCUT2D eigenvalue weighted by atomic mass is 10.2. The number of aryl methyl sites for hydroxylation is 2. The monoisotopic (exact) mass is 295 g/mol. The Balaban J connectivity index is 1.76. The van der Waals surface area contributed by atoms with Crippen LogP contribution in [0.2, 0.25) is 0 Å². The number of fused-ring (bicyclic) bond motifs is 1. The van der Waals surface area contributed by atoms with E-state index < -0.39 is 0 Å². The van der Waals surface area contributed by atoms with Gasteiger partial charge >= 0.3 is 0 Å². The van der Waals surface area contributed by atoms with Crippen LogP contribution in [0.15, 0.2) is 30.7 Å². The first-order valence-electron chi connectivity index (χ1n) is 7.05. The van der Waals surface area contributed by atoms with E-state index in [0.717, 1.165) is 11.3 Å². The predicted octanol–water partition coefficient (Wildman–Crippen LogP) is 2.56. The molecule has 0 spiro atoms. The van der Waals surface area contributed by atoms with Crippen LogP contribution in [0.3, 0.4) is 0 Å². The molecule has 0 radical (unpaired) electrons. The zero-order valence-electron chi connectivity index (χ0n) is 12.8. The SMILES string of the molecule is CC(=O)c1cnc(NCc2cn3cc(C)ccc3n2)nc1C. The molecule has 6 heteroatoms. The first kappa shape index (κ1) is 14.2. The summed E-state index contributed by atoms with van der Waals surface area (Å²) in [6, 6.07) is 4.02. The number of pyridine rings is 1. The summed E-state index contributed by atoms with van der Waals surface area (Å²) in [6.45, 7) is 5.89. The predicted molar refractivity (Wildman–Crippen MR) is 84.0 cm³/mol. The normalized spacial score (nSPS) is 10.9. The number of carbonyl (C=O) groups is 1. The van der Waals surface area contributed by atoms with Crippen LogP contribution in [0.1, 0.15) is 34.2 Å². The summed E-state index contributed by atoms with van der Waals surface area (Å²) < 4.78 is 2.00. The van der Waals surface area contributed by atoms with Gasteiger partial charge in [0.1, 0.15) is 5.65 Å². The average Bonchev–Trinajstić information content (AvgIpc) is 2.86. The van der Waals surface area contributed by atoms with E-state index in [2.05, 4.69) is 20.3 Å². The van der Waals surface area contributed by atoms with Crippen molar-refractivity contribution in [3.63, 3.8) is 0 Å². The van der Waals surface area contributed by atoms with Crippen LogP contribution < -0.4 is 5.32 Å². The van der Waals surface area contributed by atoms with Crippen molar-refractivity contribution in [3.05, 3.63) is 53.2 Å². The standard InChI is InChI=1S/C16H17N5O/c1-10-4-5-15-20-13(9-21(15)8-10)6-17-16-18-7-14(12(3)22)11(2)19-16/h4-5,7-9H,6H2,1-3H3,(H,17,18,19). The van der Waals surface area contributed by atoms with Crippen molar-refractivity contribution in [2.75, 3.05) is 5.32 Å². The fraction of sp³-hybridized carbons (Fsp3) is 0.250. The van der Waals surface area contributed by atoms with Crippen LogP contribution in [0.25, 0.3) is 5.65 Å². The maximum Gasteiger partial charge on any atom is 0.223 e. The number of hydrogen-bond donors (Lipinski definition) is 1. The van der Waals surface area contributed by atoms with Crippen LogP contribution in [-0.4, -0.2) is 25.1 Å². The number of anilines is 1. The largest absolute Gasteiger partial charge is 0.349 e. The van der Waals surface area contributed by atoms with Crippen LogP contribution in [0.4, 0.5) is 5.95 Å². The highest BCUT2D eigenvalue weighted by molar-refractivity contribution is 5.94. The Morgan fingerprint density at radius 1 is 1.23 bits per heavy atom. The molecule has 22 heavy (non-hydrogen) atoms. The first-order chi connectivity index (χ1) is 10.5. The van der Waals surface area contributed by atoms with Gasteiger partial charge in [0, 0.05) is 18.6 Å². The highest BCUT2D eigenvalue weighted by Gasteiger charge is 2.08. The van der Waals surface area contributed by atoms with Gasteiger partial charge in [0.15, 0.2) is 5.78 Å². The fourth-order valence-corrected chi connectivity index (χ4v) is 2.31. The molecule has 0 saturated carbocycles. The van der Waals surface area contributed by atoms with Crippen LogP contribution in [0.5, 0.6) is 0 Å². The molecule has 0 aliphatic carbocycles. The third kappa shape index (κ3) is 2.81. The fourth-order valence-electron chi connectivity index (χ4n) is 2.31. The van der Waals surface area contributed by atoms with E-state index in [1.807, 2.05) is 35.9 Å². The summed E-state index contributed by atoms with van der Waals surface area (Å²) in [5, 5.41) is 3.13. The molecule has 3 aromatic rings. The summed E-state index contributed by atoms with van der Waals surface area (Å²) >= 11 is 0. The number of rotatable bonds is 4. The Hall–Kier alpha value is -2.76. The quantitative estimate of drug-likeness (QED) is 0.749. The van der Waals surface area contributed by atoms with Crippen molar-refractivity contribution in [2.45, 2.75) is 27.3 Å². The third-order valence-corrected chi connectivity index (χ3v) is 3.44. The van der Waals surface area contributed by atoms with Crippen molar-refractivity contribution >= 4 is 17.4 Å². The minimum atomic E-state index is -0.0280. The van der Waals surface area contributed by atoms with E-state index in [1.54, 1.807) is 13.1 Å². The molecular weight excluding hydrogens is 278 g/mol. The van der Waals surface area contributed by atoms with Crippen LogP contribution >= 0.6 is 0 Å². The van der Waals surface area contributed by atoms with Gasteiger partial charge in [-0.25, -0.2) is 15.0 Å². The summed E-state index contributed by atoms with van der Waals surface area (Å²) in [5.74, 6) is 0.468. The molecule has 0 aliphatic rings. The molecule has 1 N–H and O–H groups in total. The van der Waals surface area contributed by atoms with E-state index in [9.17, 15) is 4.79 Å². The summed E-state index contributed by atoms with van der Waals surface area (Å²) in [5.41, 5.74) is 4.22. The van der Waals surface area contributed by atoms with Gasteiger partial charge in [-0.05, 0) is 32.4 Å². The number of nitrogens with one attached hydrogen (secondary N) is 1. The molecule has 0 amide bonds. The van der Waals surface area contributed by atoms with Crippen molar-refractivity contribution < 1.29 is 4.79 Å². The third-order valence-electron chi connectivity index (χ3n) is 3.44. The summed E-state index contributed by atoms with van der Waals surface area (Å²) in [6.07, 6.45) is 5.57. The maximum absolute atomic E-state index is 11.4. The Morgan fingerprint density at radius 2 is 2.05 bits per heavy atom. The number of Topliss-reactive ketones (excluding diaryl/α,β-unsaturated/α-hetero) is 1. The Kier molecular flexibility index (Phi) is 3.58. The molecule has 112 valence electrons. The summed E-state index contributed by atoms with van der Waals surface area (Å²) in [4.78, 5) is 24.4. The molecular formula is C16H17N5O.